The fourth-order valence-corrected chi connectivity index (χ4v) is 1.67. The van der Waals surface area contributed by atoms with Gasteiger partial charge in [-0.15, -0.1) is 0 Å². The average Bonchev–Trinajstić information content (AvgIpc) is 2.36. The number of hydrogen-bond acceptors (Lipinski definition) is 3. The van der Waals surface area contributed by atoms with Crippen molar-refractivity contribution in [2.24, 2.45) is 5.73 Å². The zero-order chi connectivity index (χ0) is 13.5. The predicted octanol–water partition coefficient (Wildman–Crippen LogP) is 1.18. The molecule has 4 nitrogen and oxygen atoms in total. The number of aryl methyl sites for hydroxylation is 1. The number of nitrogens with zero attached hydrogens (tertiary/aromatic N) is 1. The number of halogens is 1. The Morgan fingerprint density at radius 3 is 2.78 bits per heavy atom. The van der Waals surface area contributed by atoms with E-state index in [1.165, 1.54) is 12.1 Å². The fourth-order valence-electron chi connectivity index (χ4n) is 1.67. The Morgan fingerprint density at radius 1 is 1.44 bits per heavy atom. The molecule has 0 aliphatic rings. The van der Waals surface area contributed by atoms with E-state index in [0.717, 1.165) is 5.56 Å². The normalized spacial score (nSPS) is 10.4. The van der Waals surface area contributed by atoms with E-state index < -0.39 is 5.82 Å². The van der Waals surface area contributed by atoms with Gasteiger partial charge in [0.05, 0.1) is 6.61 Å². The Hall–Kier alpha value is -1.46. The van der Waals surface area contributed by atoms with Crippen molar-refractivity contribution in [3.63, 3.8) is 0 Å². The molecule has 0 atom stereocenters. The van der Waals surface area contributed by atoms with Crippen LogP contribution in [0, 0.1) is 12.7 Å². The number of methoxy groups -OCH3 is 1. The maximum atomic E-state index is 13.2. The van der Waals surface area contributed by atoms with E-state index in [-0.39, 0.29) is 5.91 Å². The summed E-state index contributed by atoms with van der Waals surface area (Å²) in [6.45, 7) is 3.45. The van der Waals surface area contributed by atoms with Gasteiger partial charge in [0.25, 0.3) is 5.91 Å². The van der Waals surface area contributed by atoms with Gasteiger partial charge in [-0.25, -0.2) is 4.39 Å². The molecule has 0 heterocycles. The molecule has 0 saturated heterocycles. The first-order valence-corrected chi connectivity index (χ1v) is 5.84. The molecular formula is C13H19FN2O2. The third-order valence-electron chi connectivity index (χ3n) is 2.68. The van der Waals surface area contributed by atoms with Crippen molar-refractivity contribution in [2.45, 2.75) is 6.92 Å². The van der Waals surface area contributed by atoms with Gasteiger partial charge in [0.2, 0.25) is 0 Å². The van der Waals surface area contributed by atoms with E-state index in [0.29, 0.717) is 31.8 Å². The highest BCUT2D eigenvalue weighted by Crippen LogP contribution is 2.13. The standard InChI is InChI=1S/C13H19FN2O2/c1-10-3-4-11(14)9-12(10)13(17)16(6-5-15)7-8-18-2/h3-4,9H,5-8,15H2,1-2H3. The Labute approximate surface area is 107 Å². The highest BCUT2D eigenvalue weighted by atomic mass is 19.1. The van der Waals surface area contributed by atoms with Crippen LogP contribution in [-0.2, 0) is 4.74 Å². The van der Waals surface area contributed by atoms with Gasteiger partial charge in [-0.2, -0.15) is 0 Å². The summed E-state index contributed by atoms with van der Waals surface area (Å²) in [6, 6.07) is 4.20. The van der Waals surface area contributed by atoms with Crippen LogP contribution in [0.4, 0.5) is 4.39 Å². The first kappa shape index (κ1) is 14.6. The van der Waals surface area contributed by atoms with Gasteiger partial charge in [0, 0.05) is 32.3 Å². The molecule has 1 rings (SSSR count). The van der Waals surface area contributed by atoms with Crippen LogP contribution in [0.1, 0.15) is 15.9 Å². The molecule has 0 aliphatic carbocycles. The highest BCUT2D eigenvalue weighted by molar-refractivity contribution is 5.95. The monoisotopic (exact) mass is 254 g/mol. The summed E-state index contributed by atoms with van der Waals surface area (Å²) < 4.78 is 18.1. The van der Waals surface area contributed by atoms with E-state index in [4.69, 9.17) is 10.5 Å². The zero-order valence-electron chi connectivity index (χ0n) is 10.8. The number of ether oxygens (including phenoxy) is 1. The molecule has 0 bridgehead atoms. The molecular weight excluding hydrogens is 235 g/mol. The molecule has 100 valence electrons. The van der Waals surface area contributed by atoms with E-state index >= 15 is 0 Å². The zero-order valence-corrected chi connectivity index (χ0v) is 10.8. The molecule has 0 aliphatic heterocycles. The molecule has 5 heteroatoms. The van der Waals surface area contributed by atoms with Gasteiger partial charge in [0.15, 0.2) is 0 Å². The topological polar surface area (TPSA) is 55.6 Å². The SMILES string of the molecule is COCCN(CCN)C(=O)c1cc(F)ccc1C. The maximum Gasteiger partial charge on any atom is 0.254 e. The van der Waals surface area contributed by atoms with Crippen molar-refractivity contribution in [1.29, 1.82) is 0 Å². The molecule has 0 aromatic heterocycles. The lowest BCUT2D eigenvalue weighted by molar-refractivity contribution is 0.0700. The molecule has 0 fully saturated rings. The second-order valence-electron chi connectivity index (χ2n) is 4.03. The van der Waals surface area contributed by atoms with Crippen LogP contribution in [0.2, 0.25) is 0 Å². The molecule has 1 aromatic carbocycles. The molecule has 0 saturated carbocycles. The minimum absolute atomic E-state index is 0.213. The van der Waals surface area contributed by atoms with Crippen molar-refractivity contribution in [3.8, 4) is 0 Å². The predicted molar refractivity (Wildman–Crippen MR) is 68.0 cm³/mol. The van der Waals surface area contributed by atoms with Crippen LogP contribution >= 0.6 is 0 Å². The largest absolute Gasteiger partial charge is 0.383 e. The summed E-state index contributed by atoms with van der Waals surface area (Å²) in [5, 5.41) is 0. The van der Waals surface area contributed by atoms with Crippen LogP contribution in [-0.4, -0.2) is 44.2 Å². The van der Waals surface area contributed by atoms with Crippen molar-refractivity contribution in [2.75, 3.05) is 33.4 Å². The summed E-state index contributed by atoms with van der Waals surface area (Å²) in [5.41, 5.74) is 6.60. The molecule has 2 N–H and O–H groups in total. The molecule has 0 spiro atoms. The smallest absolute Gasteiger partial charge is 0.254 e. The Morgan fingerprint density at radius 2 is 2.17 bits per heavy atom. The maximum absolute atomic E-state index is 13.2. The molecule has 1 aromatic rings. The summed E-state index contributed by atoms with van der Waals surface area (Å²) in [4.78, 5) is 13.8. The highest BCUT2D eigenvalue weighted by Gasteiger charge is 2.17. The summed E-state index contributed by atoms with van der Waals surface area (Å²) >= 11 is 0. The average molecular weight is 254 g/mol. The quantitative estimate of drug-likeness (QED) is 0.829. The van der Waals surface area contributed by atoms with Gasteiger partial charge in [-0.1, -0.05) is 6.07 Å². The van der Waals surface area contributed by atoms with Gasteiger partial charge >= 0.3 is 0 Å². The first-order chi connectivity index (χ1) is 8.60. The minimum atomic E-state index is -0.414. The van der Waals surface area contributed by atoms with Crippen LogP contribution in [0.15, 0.2) is 18.2 Å². The number of carbonyl (C=O) groups is 1. The summed E-state index contributed by atoms with van der Waals surface area (Å²) in [7, 11) is 1.57. The Kier molecular flexibility index (Phi) is 5.74. The van der Waals surface area contributed by atoms with Crippen LogP contribution in [0.3, 0.4) is 0 Å². The number of nitrogens with two attached hydrogens (primary N) is 1. The molecule has 0 radical (unpaired) electrons. The first-order valence-electron chi connectivity index (χ1n) is 5.84. The number of hydrogen-bond donors (Lipinski definition) is 1. The lowest BCUT2D eigenvalue weighted by Crippen LogP contribution is -2.38. The molecule has 0 unspecified atom stereocenters. The lowest BCUT2D eigenvalue weighted by atomic mass is 10.1. The summed E-state index contributed by atoms with van der Waals surface area (Å²) in [5.74, 6) is -0.627. The molecule has 1 amide bonds. The molecule has 18 heavy (non-hydrogen) atoms. The Bertz CT molecular complexity index is 410. The van der Waals surface area contributed by atoms with Gasteiger partial charge in [-0.05, 0) is 24.6 Å². The second kappa shape index (κ2) is 7.08. The fraction of sp³-hybridized carbons (Fsp3) is 0.462. The van der Waals surface area contributed by atoms with Crippen LogP contribution < -0.4 is 5.73 Å². The number of rotatable bonds is 6. The van der Waals surface area contributed by atoms with E-state index in [2.05, 4.69) is 0 Å². The second-order valence-corrected chi connectivity index (χ2v) is 4.03. The number of carbonyl (C=O) groups excluding carboxylic acids is 1. The third-order valence-corrected chi connectivity index (χ3v) is 2.68. The van der Waals surface area contributed by atoms with Crippen molar-refractivity contribution < 1.29 is 13.9 Å². The van der Waals surface area contributed by atoms with E-state index in [9.17, 15) is 9.18 Å². The van der Waals surface area contributed by atoms with Crippen molar-refractivity contribution in [1.82, 2.24) is 4.90 Å². The Balaban J connectivity index is 2.90. The van der Waals surface area contributed by atoms with E-state index in [1.54, 1.807) is 25.0 Å². The van der Waals surface area contributed by atoms with Gasteiger partial charge in [-0.3, -0.25) is 4.79 Å². The van der Waals surface area contributed by atoms with Crippen molar-refractivity contribution >= 4 is 5.91 Å². The van der Waals surface area contributed by atoms with E-state index in [1.807, 2.05) is 0 Å². The van der Waals surface area contributed by atoms with Crippen molar-refractivity contribution in [3.05, 3.63) is 35.1 Å². The third kappa shape index (κ3) is 3.78. The van der Waals surface area contributed by atoms with Crippen LogP contribution in [0.25, 0.3) is 0 Å². The number of benzene rings is 1. The van der Waals surface area contributed by atoms with Crippen LogP contribution in [0.5, 0.6) is 0 Å². The van der Waals surface area contributed by atoms with Gasteiger partial charge in [0.1, 0.15) is 5.82 Å². The lowest BCUT2D eigenvalue weighted by Gasteiger charge is -2.22. The van der Waals surface area contributed by atoms with Gasteiger partial charge < -0.3 is 15.4 Å². The minimum Gasteiger partial charge on any atom is -0.383 e. The summed E-state index contributed by atoms with van der Waals surface area (Å²) in [6.07, 6.45) is 0. The number of amides is 1.